The molecule has 7 heteroatoms. The summed E-state index contributed by atoms with van der Waals surface area (Å²) in [7, 11) is 0. The highest BCUT2D eigenvalue weighted by atomic mass is 19.4. The molecule has 0 radical (unpaired) electrons. The van der Waals surface area contributed by atoms with Crippen molar-refractivity contribution in [3.8, 4) is 11.4 Å². The first-order valence-electron chi connectivity index (χ1n) is 6.70. The van der Waals surface area contributed by atoms with Crippen LogP contribution in [0, 0.1) is 0 Å². The van der Waals surface area contributed by atoms with E-state index in [0.717, 1.165) is 31.2 Å². The van der Waals surface area contributed by atoms with Gasteiger partial charge in [-0.15, -0.1) is 0 Å². The third-order valence-corrected chi connectivity index (χ3v) is 3.52. The van der Waals surface area contributed by atoms with Crippen LogP contribution in [0.1, 0.15) is 24.4 Å². The van der Waals surface area contributed by atoms with Gasteiger partial charge >= 0.3 is 6.18 Å². The Hall–Kier alpha value is -1.89. The summed E-state index contributed by atoms with van der Waals surface area (Å²) < 4.78 is 45.2. The second-order valence-corrected chi connectivity index (χ2v) is 4.95. The van der Waals surface area contributed by atoms with E-state index in [2.05, 4.69) is 10.1 Å². The maximum atomic E-state index is 12.7. The molecule has 0 unspecified atom stereocenters. The molecule has 0 atom stereocenters. The van der Waals surface area contributed by atoms with Crippen LogP contribution < -0.4 is 0 Å². The van der Waals surface area contributed by atoms with Crippen LogP contribution in [-0.4, -0.2) is 28.0 Å². The molecule has 0 amide bonds. The van der Waals surface area contributed by atoms with E-state index < -0.39 is 11.7 Å². The molecule has 112 valence electrons. The first-order valence-corrected chi connectivity index (χ1v) is 6.70. The topological polar surface area (TPSA) is 39.9 Å². The van der Waals surface area contributed by atoms with Crippen LogP contribution in [0.2, 0.25) is 0 Å². The number of rotatable bonds is 2. The Labute approximate surface area is 119 Å². The van der Waals surface area contributed by atoms with Crippen LogP contribution in [0.3, 0.4) is 0 Å². The summed E-state index contributed by atoms with van der Waals surface area (Å²) in [6.07, 6.45) is 0.286. The Bertz CT molecular complexity index is 618. The van der Waals surface area contributed by atoms with E-state index in [9.17, 15) is 13.2 Å². The highest BCUT2D eigenvalue weighted by Crippen LogP contribution is 2.31. The van der Waals surface area contributed by atoms with E-state index in [0.29, 0.717) is 18.9 Å². The normalized spacial score (nSPS) is 17.1. The SMILES string of the molecule is FC(F)(F)c1ccnc(-c2ccn(C3CCOCC3)n2)c1. The molecule has 3 heterocycles. The van der Waals surface area contributed by atoms with Crippen LogP contribution in [0.5, 0.6) is 0 Å². The van der Waals surface area contributed by atoms with Crippen molar-refractivity contribution in [2.75, 3.05) is 13.2 Å². The zero-order valence-corrected chi connectivity index (χ0v) is 11.2. The van der Waals surface area contributed by atoms with Crippen molar-refractivity contribution in [1.82, 2.24) is 14.8 Å². The molecule has 1 aliphatic heterocycles. The van der Waals surface area contributed by atoms with Crippen molar-refractivity contribution < 1.29 is 17.9 Å². The number of nitrogens with zero attached hydrogens (tertiary/aromatic N) is 3. The Morgan fingerprint density at radius 1 is 1.14 bits per heavy atom. The zero-order chi connectivity index (χ0) is 14.9. The van der Waals surface area contributed by atoms with Gasteiger partial charge in [0.2, 0.25) is 0 Å². The molecule has 1 saturated heterocycles. The number of pyridine rings is 1. The molecule has 1 aliphatic rings. The fourth-order valence-corrected chi connectivity index (χ4v) is 2.37. The molecule has 0 aliphatic carbocycles. The molecule has 2 aromatic heterocycles. The predicted molar refractivity (Wildman–Crippen MR) is 69.6 cm³/mol. The van der Waals surface area contributed by atoms with Gasteiger partial charge in [-0.3, -0.25) is 9.67 Å². The average Bonchev–Trinajstić information content (AvgIpc) is 2.97. The lowest BCUT2D eigenvalue weighted by molar-refractivity contribution is -0.137. The van der Waals surface area contributed by atoms with Gasteiger partial charge in [0, 0.05) is 25.6 Å². The maximum absolute atomic E-state index is 12.7. The second kappa shape index (κ2) is 5.48. The van der Waals surface area contributed by atoms with Crippen molar-refractivity contribution >= 4 is 0 Å². The summed E-state index contributed by atoms with van der Waals surface area (Å²) in [5, 5.41) is 4.36. The lowest BCUT2D eigenvalue weighted by Gasteiger charge is -2.22. The number of alkyl halides is 3. The van der Waals surface area contributed by atoms with Crippen molar-refractivity contribution in [3.63, 3.8) is 0 Å². The van der Waals surface area contributed by atoms with Crippen LogP contribution in [0.25, 0.3) is 11.4 Å². The predicted octanol–water partition coefficient (Wildman–Crippen LogP) is 3.32. The van der Waals surface area contributed by atoms with Crippen molar-refractivity contribution in [3.05, 3.63) is 36.2 Å². The summed E-state index contributed by atoms with van der Waals surface area (Å²) in [4.78, 5) is 3.98. The minimum absolute atomic E-state index is 0.232. The van der Waals surface area contributed by atoms with Crippen LogP contribution in [-0.2, 0) is 10.9 Å². The van der Waals surface area contributed by atoms with Gasteiger partial charge in [0.05, 0.1) is 17.3 Å². The van der Waals surface area contributed by atoms with Crippen LogP contribution in [0.15, 0.2) is 30.6 Å². The number of halogens is 3. The Morgan fingerprint density at radius 2 is 1.90 bits per heavy atom. The Kier molecular flexibility index (Phi) is 3.67. The first kappa shape index (κ1) is 14.1. The first-order chi connectivity index (χ1) is 10.0. The molecule has 0 bridgehead atoms. The fourth-order valence-electron chi connectivity index (χ4n) is 2.37. The van der Waals surface area contributed by atoms with E-state index in [1.54, 1.807) is 16.9 Å². The highest BCUT2D eigenvalue weighted by molar-refractivity contribution is 5.54. The largest absolute Gasteiger partial charge is 0.416 e. The summed E-state index contributed by atoms with van der Waals surface area (Å²) in [6, 6.07) is 3.91. The quantitative estimate of drug-likeness (QED) is 0.853. The molecular formula is C14H14F3N3O. The van der Waals surface area contributed by atoms with E-state index in [1.165, 1.54) is 0 Å². The molecule has 0 spiro atoms. The summed E-state index contributed by atoms with van der Waals surface area (Å²) in [6.45, 7) is 1.36. The Balaban J connectivity index is 1.86. The fraction of sp³-hybridized carbons (Fsp3) is 0.429. The molecule has 0 N–H and O–H groups in total. The third kappa shape index (κ3) is 3.07. The molecule has 0 saturated carbocycles. The smallest absolute Gasteiger partial charge is 0.381 e. The van der Waals surface area contributed by atoms with Crippen LogP contribution >= 0.6 is 0 Å². The third-order valence-electron chi connectivity index (χ3n) is 3.52. The second-order valence-electron chi connectivity index (χ2n) is 4.95. The molecule has 21 heavy (non-hydrogen) atoms. The lowest BCUT2D eigenvalue weighted by Crippen LogP contribution is -2.19. The molecule has 0 aromatic carbocycles. The minimum atomic E-state index is -4.37. The number of aromatic nitrogens is 3. The molecular weight excluding hydrogens is 283 g/mol. The molecule has 2 aromatic rings. The van der Waals surface area contributed by atoms with E-state index in [-0.39, 0.29) is 11.7 Å². The van der Waals surface area contributed by atoms with E-state index in [1.807, 2.05) is 0 Å². The summed E-state index contributed by atoms with van der Waals surface area (Å²) >= 11 is 0. The van der Waals surface area contributed by atoms with Gasteiger partial charge in [0.25, 0.3) is 0 Å². The average molecular weight is 297 g/mol. The monoisotopic (exact) mass is 297 g/mol. The van der Waals surface area contributed by atoms with Gasteiger partial charge in [-0.25, -0.2) is 0 Å². The van der Waals surface area contributed by atoms with Crippen molar-refractivity contribution in [2.24, 2.45) is 0 Å². The van der Waals surface area contributed by atoms with Gasteiger partial charge in [0.1, 0.15) is 5.69 Å². The standard InChI is InChI=1S/C14H14F3N3O/c15-14(16,17)10-1-5-18-13(9-10)12-2-6-20(19-12)11-3-7-21-8-4-11/h1-2,5-6,9,11H,3-4,7-8H2. The maximum Gasteiger partial charge on any atom is 0.416 e. The summed E-state index contributed by atoms with van der Waals surface area (Å²) in [5.74, 6) is 0. The zero-order valence-electron chi connectivity index (χ0n) is 11.2. The molecule has 4 nitrogen and oxygen atoms in total. The van der Waals surface area contributed by atoms with E-state index >= 15 is 0 Å². The Morgan fingerprint density at radius 3 is 2.62 bits per heavy atom. The van der Waals surface area contributed by atoms with Gasteiger partial charge in [-0.2, -0.15) is 18.3 Å². The van der Waals surface area contributed by atoms with Gasteiger partial charge in [-0.05, 0) is 31.0 Å². The lowest BCUT2D eigenvalue weighted by atomic mass is 10.1. The van der Waals surface area contributed by atoms with Crippen molar-refractivity contribution in [1.29, 1.82) is 0 Å². The molecule has 1 fully saturated rings. The van der Waals surface area contributed by atoms with E-state index in [4.69, 9.17) is 4.74 Å². The number of hydrogen-bond acceptors (Lipinski definition) is 3. The molecule has 3 rings (SSSR count). The number of ether oxygens (including phenoxy) is 1. The number of hydrogen-bond donors (Lipinski definition) is 0. The highest BCUT2D eigenvalue weighted by Gasteiger charge is 2.31. The van der Waals surface area contributed by atoms with Crippen LogP contribution in [0.4, 0.5) is 13.2 Å². The van der Waals surface area contributed by atoms with Gasteiger partial charge in [0.15, 0.2) is 0 Å². The van der Waals surface area contributed by atoms with Gasteiger partial charge < -0.3 is 4.74 Å². The minimum Gasteiger partial charge on any atom is -0.381 e. The summed E-state index contributed by atoms with van der Waals surface area (Å²) in [5.41, 5.74) is -0.0312. The van der Waals surface area contributed by atoms with Crippen molar-refractivity contribution in [2.45, 2.75) is 25.1 Å². The van der Waals surface area contributed by atoms with Gasteiger partial charge in [-0.1, -0.05) is 0 Å².